The van der Waals surface area contributed by atoms with Gasteiger partial charge in [0.1, 0.15) is 5.82 Å². The summed E-state index contributed by atoms with van der Waals surface area (Å²) in [5, 5.41) is 4.84. The van der Waals surface area contributed by atoms with E-state index in [1.165, 1.54) is 22.1 Å². The molecule has 1 aliphatic carbocycles. The molecule has 1 N–H and O–H groups in total. The maximum absolute atomic E-state index is 4.79. The Hall–Kier alpha value is -2.35. The number of aryl methyl sites for hydroxylation is 1. The monoisotopic (exact) mass is 274 g/mol. The summed E-state index contributed by atoms with van der Waals surface area (Å²) < 4.78 is 0. The molecular weight excluding hydrogens is 256 g/mol. The molecule has 0 spiro atoms. The highest BCUT2D eigenvalue weighted by molar-refractivity contribution is 5.81. The van der Waals surface area contributed by atoms with E-state index in [0.29, 0.717) is 6.04 Å². The molecule has 21 heavy (non-hydrogen) atoms. The average molecular weight is 274 g/mol. The molecule has 104 valence electrons. The first kappa shape index (κ1) is 12.4. The fourth-order valence-electron chi connectivity index (χ4n) is 3.22. The Bertz CT molecular complexity index is 783. The van der Waals surface area contributed by atoms with E-state index < -0.39 is 0 Å². The summed E-state index contributed by atoms with van der Waals surface area (Å²) >= 11 is 0. The number of hydrogen-bond donors (Lipinski definition) is 1. The fourth-order valence-corrected chi connectivity index (χ4v) is 3.22. The maximum Gasteiger partial charge on any atom is 0.129 e. The second-order valence-electron chi connectivity index (χ2n) is 5.86. The number of fused-ring (bicyclic) bond motifs is 2. The molecule has 0 unspecified atom stereocenters. The summed E-state index contributed by atoms with van der Waals surface area (Å²) in [5.74, 6) is 1.02. The molecule has 0 fully saturated rings. The lowest BCUT2D eigenvalue weighted by Crippen LogP contribution is -2.20. The lowest BCUT2D eigenvalue weighted by molar-refractivity contribution is 0.768. The van der Waals surface area contributed by atoms with Crippen LogP contribution < -0.4 is 5.32 Å². The van der Waals surface area contributed by atoms with Crippen LogP contribution in [0.25, 0.3) is 10.9 Å². The second kappa shape index (κ2) is 4.88. The Labute approximate surface area is 124 Å². The van der Waals surface area contributed by atoms with Crippen LogP contribution in [0, 0.1) is 6.92 Å². The molecule has 0 amide bonds. The summed E-state index contributed by atoms with van der Waals surface area (Å²) in [5.41, 5.74) is 5.20. The van der Waals surface area contributed by atoms with Gasteiger partial charge < -0.3 is 5.32 Å². The zero-order chi connectivity index (χ0) is 14.2. The van der Waals surface area contributed by atoms with Crippen LogP contribution in [0.5, 0.6) is 0 Å². The minimum absolute atomic E-state index is 0.453. The Morgan fingerprint density at radius 2 is 1.62 bits per heavy atom. The molecule has 2 aromatic carbocycles. The molecule has 1 aromatic heterocycles. The van der Waals surface area contributed by atoms with E-state index >= 15 is 0 Å². The summed E-state index contributed by atoms with van der Waals surface area (Å²) in [7, 11) is 0. The van der Waals surface area contributed by atoms with Crippen molar-refractivity contribution in [1.82, 2.24) is 4.98 Å². The minimum atomic E-state index is 0.453. The molecule has 0 bridgehead atoms. The number of nitrogens with zero attached hydrogens (tertiary/aromatic N) is 1. The van der Waals surface area contributed by atoms with Crippen molar-refractivity contribution in [3.63, 3.8) is 0 Å². The Morgan fingerprint density at radius 3 is 2.38 bits per heavy atom. The zero-order valence-corrected chi connectivity index (χ0v) is 12.1. The Morgan fingerprint density at radius 1 is 0.952 bits per heavy atom. The number of anilines is 1. The highest BCUT2D eigenvalue weighted by Gasteiger charge is 2.21. The van der Waals surface area contributed by atoms with Crippen molar-refractivity contribution >= 4 is 16.7 Å². The molecule has 0 atom stereocenters. The van der Waals surface area contributed by atoms with Crippen LogP contribution in [-0.4, -0.2) is 11.0 Å². The topological polar surface area (TPSA) is 24.9 Å². The highest BCUT2D eigenvalue weighted by atomic mass is 15.0. The van der Waals surface area contributed by atoms with E-state index in [2.05, 4.69) is 60.8 Å². The van der Waals surface area contributed by atoms with Gasteiger partial charge in [-0.15, -0.1) is 0 Å². The van der Waals surface area contributed by atoms with E-state index in [1.54, 1.807) is 0 Å². The van der Waals surface area contributed by atoms with Crippen molar-refractivity contribution in [2.24, 2.45) is 0 Å². The molecule has 1 heterocycles. The van der Waals surface area contributed by atoms with Gasteiger partial charge >= 0.3 is 0 Å². The normalized spacial score (nSPS) is 14.3. The molecule has 0 saturated heterocycles. The predicted molar refractivity (Wildman–Crippen MR) is 87.7 cm³/mol. The number of rotatable bonds is 2. The van der Waals surface area contributed by atoms with Gasteiger partial charge in [0.15, 0.2) is 0 Å². The third kappa shape index (κ3) is 2.27. The van der Waals surface area contributed by atoms with Crippen molar-refractivity contribution in [2.75, 3.05) is 5.32 Å². The van der Waals surface area contributed by atoms with Crippen molar-refractivity contribution in [1.29, 1.82) is 0 Å². The van der Waals surface area contributed by atoms with Gasteiger partial charge in [-0.1, -0.05) is 42.5 Å². The molecular formula is C19H18N2. The van der Waals surface area contributed by atoms with Crippen LogP contribution in [0.3, 0.4) is 0 Å². The molecule has 4 rings (SSSR count). The number of benzene rings is 2. The van der Waals surface area contributed by atoms with Gasteiger partial charge in [0.2, 0.25) is 0 Å². The summed E-state index contributed by atoms with van der Waals surface area (Å²) in [6.45, 7) is 2.13. The summed E-state index contributed by atoms with van der Waals surface area (Å²) in [6.07, 6.45) is 2.17. The minimum Gasteiger partial charge on any atom is -0.366 e. The van der Waals surface area contributed by atoms with E-state index in [4.69, 9.17) is 4.98 Å². The number of pyridine rings is 1. The Kier molecular flexibility index (Phi) is 2.88. The first-order chi connectivity index (χ1) is 10.3. The largest absolute Gasteiger partial charge is 0.366 e. The van der Waals surface area contributed by atoms with Gasteiger partial charge in [0.25, 0.3) is 0 Å². The third-order valence-electron chi connectivity index (χ3n) is 4.31. The average Bonchev–Trinajstić information content (AvgIpc) is 2.90. The van der Waals surface area contributed by atoms with Crippen LogP contribution >= 0.6 is 0 Å². The number of nitrogens with one attached hydrogen (secondary N) is 1. The second-order valence-corrected chi connectivity index (χ2v) is 5.86. The highest BCUT2D eigenvalue weighted by Crippen LogP contribution is 2.26. The van der Waals surface area contributed by atoms with Crippen LogP contribution in [0.15, 0.2) is 54.6 Å². The first-order valence-electron chi connectivity index (χ1n) is 7.49. The number of aromatic nitrogens is 1. The smallest absolute Gasteiger partial charge is 0.129 e. The summed E-state index contributed by atoms with van der Waals surface area (Å²) in [6, 6.07) is 19.7. The van der Waals surface area contributed by atoms with Gasteiger partial charge in [-0.2, -0.15) is 0 Å². The van der Waals surface area contributed by atoms with E-state index in [9.17, 15) is 0 Å². The molecule has 2 nitrogen and oxygen atoms in total. The molecule has 3 aromatic rings. The van der Waals surface area contributed by atoms with Crippen LogP contribution in [0.4, 0.5) is 5.82 Å². The van der Waals surface area contributed by atoms with Gasteiger partial charge in [-0.05, 0) is 48.6 Å². The lowest BCUT2D eigenvalue weighted by Gasteiger charge is -2.15. The van der Waals surface area contributed by atoms with E-state index in [-0.39, 0.29) is 0 Å². The maximum atomic E-state index is 4.79. The third-order valence-corrected chi connectivity index (χ3v) is 4.31. The number of para-hydroxylation sites is 1. The lowest BCUT2D eigenvalue weighted by atomic mass is 10.1. The molecule has 1 aliphatic rings. The van der Waals surface area contributed by atoms with Crippen molar-refractivity contribution < 1.29 is 0 Å². The van der Waals surface area contributed by atoms with Gasteiger partial charge in [-0.3, -0.25) is 0 Å². The van der Waals surface area contributed by atoms with E-state index in [0.717, 1.165) is 24.2 Å². The molecule has 0 radical (unpaired) electrons. The van der Waals surface area contributed by atoms with Crippen molar-refractivity contribution in [2.45, 2.75) is 25.8 Å². The SMILES string of the molecule is Cc1cc2ccccc2nc1NC1Cc2ccccc2C1. The van der Waals surface area contributed by atoms with E-state index in [1.807, 2.05) is 6.07 Å². The molecule has 2 heteroatoms. The standard InChI is InChI=1S/C19H18N2/c1-13-10-16-8-4-5-9-18(16)21-19(13)20-17-11-14-6-2-3-7-15(14)12-17/h2-10,17H,11-12H2,1H3,(H,20,21). The molecule has 0 saturated carbocycles. The quantitative estimate of drug-likeness (QED) is 0.760. The van der Waals surface area contributed by atoms with Gasteiger partial charge in [0, 0.05) is 11.4 Å². The molecule has 0 aliphatic heterocycles. The summed E-state index contributed by atoms with van der Waals surface area (Å²) in [4.78, 5) is 4.79. The van der Waals surface area contributed by atoms with Crippen molar-refractivity contribution in [3.8, 4) is 0 Å². The van der Waals surface area contributed by atoms with Gasteiger partial charge in [-0.25, -0.2) is 4.98 Å². The van der Waals surface area contributed by atoms with Crippen LogP contribution in [0.2, 0.25) is 0 Å². The Balaban J connectivity index is 1.62. The van der Waals surface area contributed by atoms with Gasteiger partial charge in [0.05, 0.1) is 5.52 Å². The van der Waals surface area contributed by atoms with Crippen molar-refractivity contribution in [3.05, 3.63) is 71.3 Å². The predicted octanol–water partition coefficient (Wildman–Crippen LogP) is 4.12. The van der Waals surface area contributed by atoms with Crippen LogP contribution in [0.1, 0.15) is 16.7 Å². The number of hydrogen-bond acceptors (Lipinski definition) is 2. The van der Waals surface area contributed by atoms with Crippen LogP contribution in [-0.2, 0) is 12.8 Å². The zero-order valence-electron chi connectivity index (χ0n) is 12.1. The first-order valence-corrected chi connectivity index (χ1v) is 7.49. The fraction of sp³-hybridized carbons (Fsp3) is 0.211.